The molecule has 2 aromatic carbocycles. The maximum atomic E-state index is 12.8. The van der Waals surface area contributed by atoms with Crippen LogP contribution >= 0.6 is 0 Å². The molecule has 31 heavy (non-hydrogen) atoms. The van der Waals surface area contributed by atoms with Crippen molar-refractivity contribution in [1.82, 2.24) is 10.8 Å². The average Bonchev–Trinajstić information content (AvgIpc) is 3.32. The van der Waals surface area contributed by atoms with Crippen LogP contribution < -0.4 is 15.5 Å². The zero-order valence-corrected chi connectivity index (χ0v) is 17.6. The smallest absolute Gasteiger partial charge is 0.250 e. The first-order valence-corrected chi connectivity index (χ1v) is 10.8. The lowest BCUT2D eigenvalue weighted by molar-refractivity contribution is -0.129. The molecule has 3 rings (SSSR count). The number of fused-ring (bicyclic) bond motifs is 1. The monoisotopic (exact) mass is 426 g/mol. The van der Waals surface area contributed by atoms with E-state index in [1.54, 1.807) is 5.48 Å². The molecule has 1 fully saturated rings. The predicted molar refractivity (Wildman–Crippen MR) is 118 cm³/mol. The number of carbonyl (C=O) groups excluding carboxylic acids is 2. The fourth-order valence-corrected chi connectivity index (χ4v) is 3.58. The number of rotatable bonds is 11. The van der Waals surface area contributed by atoms with Gasteiger partial charge in [0.2, 0.25) is 11.8 Å². The maximum Gasteiger partial charge on any atom is 0.250 e. The highest BCUT2D eigenvalue weighted by Crippen LogP contribution is 2.25. The first-order valence-electron chi connectivity index (χ1n) is 10.8. The van der Waals surface area contributed by atoms with Crippen LogP contribution in [-0.4, -0.2) is 42.9 Å². The zero-order chi connectivity index (χ0) is 21.9. The van der Waals surface area contributed by atoms with Crippen molar-refractivity contribution >= 4 is 22.6 Å². The third-order valence-corrected chi connectivity index (χ3v) is 5.31. The number of nitrogens with one attached hydrogen (secondary N) is 2. The van der Waals surface area contributed by atoms with Gasteiger partial charge in [0.05, 0.1) is 11.7 Å². The van der Waals surface area contributed by atoms with Gasteiger partial charge in [-0.25, -0.2) is 5.48 Å². The molecule has 1 heterocycles. The number of allylic oxidation sites excluding steroid dienone is 1. The van der Waals surface area contributed by atoms with E-state index < -0.39 is 5.91 Å². The number of hydrogen-bond acceptors (Lipinski definition) is 5. The van der Waals surface area contributed by atoms with Crippen molar-refractivity contribution in [3.63, 3.8) is 0 Å². The Morgan fingerprint density at radius 3 is 2.81 bits per heavy atom. The molecule has 0 aromatic heterocycles. The van der Waals surface area contributed by atoms with Gasteiger partial charge >= 0.3 is 0 Å². The summed E-state index contributed by atoms with van der Waals surface area (Å²) in [7, 11) is 0. The van der Waals surface area contributed by atoms with Crippen LogP contribution in [0, 0.1) is 0 Å². The lowest BCUT2D eigenvalue weighted by atomic mass is 10.1. The summed E-state index contributed by atoms with van der Waals surface area (Å²) >= 11 is 0. The third kappa shape index (κ3) is 7.08. The molecule has 2 amide bonds. The Morgan fingerprint density at radius 2 is 2.00 bits per heavy atom. The molecule has 1 aliphatic heterocycles. The molecular formula is C24H30N2O5. The molecule has 2 aromatic rings. The average molecular weight is 427 g/mol. The number of ether oxygens (including phenoxy) is 2. The molecule has 166 valence electrons. The Bertz CT molecular complexity index is 900. The van der Waals surface area contributed by atoms with E-state index in [0.29, 0.717) is 25.0 Å². The normalized spacial score (nSPS) is 16.3. The van der Waals surface area contributed by atoms with Crippen molar-refractivity contribution < 1.29 is 24.3 Å². The lowest BCUT2D eigenvalue weighted by Gasteiger charge is -2.14. The van der Waals surface area contributed by atoms with Crippen LogP contribution in [0.5, 0.6) is 5.75 Å². The van der Waals surface area contributed by atoms with Crippen molar-refractivity contribution in [3.05, 3.63) is 54.1 Å². The first kappa shape index (κ1) is 22.8. The second-order valence-corrected chi connectivity index (χ2v) is 7.62. The van der Waals surface area contributed by atoms with Gasteiger partial charge in [-0.05, 0) is 43.6 Å². The van der Waals surface area contributed by atoms with Crippen LogP contribution in [0.2, 0.25) is 0 Å². The SMILES string of the molecule is O=C(CCCCC=C(COc1cccc2ccccc12)C(=O)NCC1CCCO1)NO. The number of carbonyl (C=O) groups is 2. The van der Waals surface area contributed by atoms with E-state index >= 15 is 0 Å². The van der Waals surface area contributed by atoms with Gasteiger partial charge in [0.15, 0.2) is 0 Å². The standard InChI is InChI=1S/C24H30N2O5/c27-23(26-29)14-3-1-2-9-19(24(28)25-16-20-11-7-15-30-20)17-31-22-13-6-10-18-8-4-5-12-21(18)22/h4-6,8-10,12-13,20,29H,1-3,7,11,14-17H2,(H,25,28)(H,26,27). The second kappa shape index (κ2) is 12.1. The van der Waals surface area contributed by atoms with Crippen molar-refractivity contribution in [1.29, 1.82) is 0 Å². The van der Waals surface area contributed by atoms with Crippen molar-refractivity contribution in [3.8, 4) is 5.75 Å². The summed E-state index contributed by atoms with van der Waals surface area (Å²) in [5.41, 5.74) is 2.18. The van der Waals surface area contributed by atoms with Crippen LogP contribution in [-0.2, 0) is 14.3 Å². The number of hydroxylamine groups is 1. The fraction of sp³-hybridized carbons (Fsp3) is 0.417. The van der Waals surface area contributed by atoms with Crippen molar-refractivity contribution in [2.75, 3.05) is 19.8 Å². The fourth-order valence-electron chi connectivity index (χ4n) is 3.58. The van der Waals surface area contributed by atoms with Crippen LogP contribution in [0.15, 0.2) is 54.1 Å². The molecule has 0 aliphatic carbocycles. The van der Waals surface area contributed by atoms with Gasteiger partial charge in [-0.3, -0.25) is 14.8 Å². The maximum absolute atomic E-state index is 12.8. The molecule has 7 nitrogen and oxygen atoms in total. The molecule has 1 atom stereocenters. The molecule has 1 saturated heterocycles. The Kier molecular flexibility index (Phi) is 8.87. The minimum Gasteiger partial charge on any atom is -0.488 e. The highest BCUT2D eigenvalue weighted by Gasteiger charge is 2.18. The summed E-state index contributed by atoms with van der Waals surface area (Å²) in [6.07, 6.45) is 6.15. The van der Waals surface area contributed by atoms with Crippen LogP contribution in [0.25, 0.3) is 10.8 Å². The molecule has 0 radical (unpaired) electrons. The number of hydrogen-bond donors (Lipinski definition) is 3. The van der Waals surface area contributed by atoms with Crippen molar-refractivity contribution in [2.24, 2.45) is 0 Å². The molecule has 0 spiro atoms. The first-order chi connectivity index (χ1) is 15.2. The molecule has 1 aliphatic rings. The van der Waals surface area contributed by atoms with Crippen LogP contribution in [0.1, 0.15) is 38.5 Å². The van der Waals surface area contributed by atoms with Crippen LogP contribution in [0.4, 0.5) is 0 Å². The largest absolute Gasteiger partial charge is 0.488 e. The minimum absolute atomic E-state index is 0.0705. The van der Waals surface area contributed by atoms with E-state index in [4.69, 9.17) is 14.7 Å². The second-order valence-electron chi connectivity index (χ2n) is 7.62. The quantitative estimate of drug-likeness (QED) is 0.221. The summed E-state index contributed by atoms with van der Waals surface area (Å²) in [5.74, 6) is 0.164. The predicted octanol–water partition coefficient (Wildman–Crippen LogP) is 3.51. The molecular weight excluding hydrogens is 396 g/mol. The topological polar surface area (TPSA) is 96.9 Å². The third-order valence-electron chi connectivity index (χ3n) is 5.31. The van der Waals surface area contributed by atoms with Crippen molar-refractivity contribution in [2.45, 2.75) is 44.6 Å². The molecule has 7 heteroatoms. The molecule has 0 bridgehead atoms. The van der Waals surface area contributed by atoms with Gasteiger partial charge in [-0.1, -0.05) is 42.5 Å². The van der Waals surface area contributed by atoms with E-state index in [1.165, 1.54) is 0 Å². The number of benzene rings is 2. The number of unbranched alkanes of at least 4 members (excludes halogenated alkanes) is 2. The van der Waals surface area contributed by atoms with Gasteiger partial charge in [-0.2, -0.15) is 0 Å². The van der Waals surface area contributed by atoms with Gasteiger partial charge in [0.25, 0.3) is 0 Å². The van der Waals surface area contributed by atoms with Gasteiger partial charge in [-0.15, -0.1) is 0 Å². The van der Waals surface area contributed by atoms with E-state index in [1.807, 2.05) is 48.5 Å². The molecule has 3 N–H and O–H groups in total. The molecule has 1 unspecified atom stereocenters. The van der Waals surface area contributed by atoms with Gasteiger partial charge < -0.3 is 14.8 Å². The van der Waals surface area contributed by atoms with Gasteiger partial charge in [0, 0.05) is 25.0 Å². The Labute approximate surface area is 182 Å². The summed E-state index contributed by atoms with van der Waals surface area (Å²) in [6.45, 7) is 1.39. The van der Waals surface area contributed by atoms with E-state index in [0.717, 1.165) is 42.4 Å². The Hall–Kier alpha value is -2.90. The van der Waals surface area contributed by atoms with Gasteiger partial charge in [0.1, 0.15) is 12.4 Å². The number of amides is 2. The van der Waals surface area contributed by atoms with E-state index in [-0.39, 0.29) is 25.0 Å². The summed E-state index contributed by atoms with van der Waals surface area (Å²) in [5, 5.41) is 13.6. The van der Waals surface area contributed by atoms with E-state index in [9.17, 15) is 9.59 Å². The Balaban J connectivity index is 1.61. The zero-order valence-electron chi connectivity index (χ0n) is 17.6. The summed E-state index contributed by atoms with van der Waals surface area (Å²) < 4.78 is 11.6. The van der Waals surface area contributed by atoms with E-state index in [2.05, 4.69) is 5.32 Å². The Morgan fingerprint density at radius 1 is 1.16 bits per heavy atom. The summed E-state index contributed by atoms with van der Waals surface area (Å²) in [6, 6.07) is 13.8. The lowest BCUT2D eigenvalue weighted by Crippen LogP contribution is -2.34. The highest BCUT2D eigenvalue weighted by atomic mass is 16.5. The van der Waals surface area contributed by atoms with Crippen LogP contribution in [0.3, 0.4) is 0 Å². The highest BCUT2D eigenvalue weighted by molar-refractivity contribution is 5.94. The minimum atomic E-state index is -0.405. The summed E-state index contributed by atoms with van der Waals surface area (Å²) in [4.78, 5) is 23.9. The molecule has 0 saturated carbocycles.